The number of phenolic OH excluding ortho intramolecular Hbond substituents is 2. The van der Waals surface area contributed by atoms with E-state index in [9.17, 15) is 10.2 Å². The highest BCUT2D eigenvalue weighted by Crippen LogP contribution is 2.26. The molecule has 2 aromatic rings. The zero-order valence-electron chi connectivity index (χ0n) is 12.7. The van der Waals surface area contributed by atoms with Crippen LogP contribution in [0.25, 0.3) is 12.2 Å². The summed E-state index contributed by atoms with van der Waals surface area (Å²) in [4.78, 5) is 0. The zero-order chi connectivity index (χ0) is 16.1. The van der Waals surface area contributed by atoms with E-state index >= 15 is 0 Å². The Morgan fingerprint density at radius 1 is 0.955 bits per heavy atom. The standard InChI is InChI=1S/C19H19BrO2/c1-13(2)3-8-16-11-14(7-10-18(16)21)4-5-15-6-9-17(20)19(22)12-15/h3-7,9-12,21-22H,8H2,1-2H3. The van der Waals surface area contributed by atoms with E-state index in [0.717, 1.165) is 23.1 Å². The third-order valence-corrected chi connectivity index (χ3v) is 3.94. The predicted molar refractivity (Wildman–Crippen MR) is 96.0 cm³/mol. The van der Waals surface area contributed by atoms with E-state index in [0.29, 0.717) is 10.2 Å². The molecule has 0 spiro atoms. The van der Waals surface area contributed by atoms with Crippen LogP contribution in [-0.4, -0.2) is 10.2 Å². The Morgan fingerprint density at radius 3 is 2.23 bits per heavy atom. The Kier molecular flexibility index (Phi) is 5.45. The molecule has 0 aromatic heterocycles. The largest absolute Gasteiger partial charge is 0.508 e. The van der Waals surface area contributed by atoms with Gasteiger partial charge in [0.1, 0.15) is 11.5 Å². The molecule has 0 amide bonds. The van der Waals surface area contributed by atoms with Gasteiger partial charge in [0.2, 0.25) is 0 Å². The molecule has 114 valence electrons. The SMILES string of the molecule is CC(C)=CCc1cc(C=Cc2ccc(Br)c(O)c2)ccc1O. The van der Waals surface area contributed by atoms with Crippen molar-refractivity contribution >= 4 is 28.1 Å². The molecule has 0 saturated carbocycles. The van der Waals surface area contributed by atoms with E-state index in [4.69, 9.17) is 0 Å². The molecule has 2 rings (SSSR count). The summed E-state index contributed by atoms with van der Waals surface area (Å²) in [6, 6.07) is 11.0. The van der Waals surface area contributed by atoms with Gasteiger partial charge >= 0.3 is 0 Å². The molecule has 0 bridgehead atoms. The second-order valence-corrected chi connectivity index (χ2v) is 6.27. The van der Waals surface area contributed by atoms with Crippen molar-refractivity contribution in [1.82, 2.24) is 0 Å². The van der Waals surface area contributed by atoms with Crippen molar-refractivity contribution in [2.75, 3.05) is 0 Å². The monoisotopic (exact) mass is 358 g/mol. The first-order chi connectivity index (χ1) is 10.5. The molecule has 0 aliphatic heterocycles. The van der Waals surface area contributed by atoms with Crippen LogP contribution in [-0.2, 0) is 6.42 Å². The highest BCUT2D eigenvalue weighted by Gasteiger charge is 2.01. The molecule has 0 saturated heterocycles. The molecule has 2 nitrogen and oxygen atoms in total. The molecule has 0 unspecified atom stereocenters. The van der Waals surface area contributed by atoms with Crippen LogP contribution in [0.3, 0.4) is 0 Å². The van der Waals surface area contributed by atoms with E-state index in [1.54, 1.807) is 12.1 Å². The van der Waals surface area contributed by atoms with Gasteiger partial charge in [0, 0.05) is 0 Å². The van der Waals surface area contributed by atoms with Crippen molar-refractivity contribution in [3.05, 3.63) is 69.2 Å². The lowest BCUT2D eigenvalue weighted by Gasteiger charge is -2.04. The summed E-state index contributed by atoms with van der Waals surface area (Å²) in [5, 5.41) is 19.6. The van der Waals surface area contributed by atoms with Gasteiger partial charge in [0.05, 0.1) is 4.47 Å². The summed E-state index contributed by atoms with van der Waals surface area (Å²) in [7, 11) is 0. The average molecular weight is 359 g/mol. The summed E-state index contributed by atoms with van der Waals surface area (Å²) in [5.41, 5.74) is 4.06. The highest BCUT2D eigenvalue weighted by atomic mass is 79.9. The number of aromatic hydroxyl groups is 2. The van der Waals surface area contributed by atoms with Crippen molar-refractivity contribution in [2.45, 2.75) is 20.3 Å². The first-order valence-corrected chi connectivity index (χ1v) is 7.87. The van der Waals surface area contributed by atoms with Crippen molar-refractivity contribution in [2.24, 2.45) is 0 Å². The second-order valence-electron chi connectivity index (χ2n) is 5.42. The van der Waals surface area contributed by atoms with E-state index in [1.165, 1.54) is 5.57 Å². The first-order valence-electron chi connectivity index (χ1n) is 7.07. The smallest absolute Gasteiger partial charge is 0.130 e. The molecule has 0 aliphatic carbocycles. The average Bonchev–Trinajstić information content (AvgIpc) is 2.48. The number of hydrogen-bond donors (Lipinski definition) is 2. The Labute approximate surface area is 139 Å². The minimum absolute atomic E-state index is 0.220. The lowest BCUT2D eigenvalue weighted by atomic mass is 10.0. The van der Waals surface area contributed by atoms with Crippen LogP contribution in [0.15, 0.2) is 52.5 Å². The summed E-state index contributed by atoms with van der Waals surface area (Å²) >= 11 is 3.26. The van der Waals surface area contributed by atoms with Crippen LogP contribution in [0.5, 0.6) is 11.5 Å². The van der Waals surface area contributed by atoms with Crippen LogP contribution in [0.4, 0.5) is 0 Å². The molecular weight excluding hydrogens is 340 g/mol. The maximum atomic E-state index is 9.91. The number of benzene rings is 2. The molecule has 0 atom stereocenters. The van der Waals surface area contributed by atoms with Gasteiger partial charge in [-0.05, 0) is 77.2 Å². The summed E-state index contributed by atoms with van der Waals surface area (Å²) in [6.45, 7) is 4.08. The Bertz CT molecular complexity index is 726. The highest BCUT2D eigenvalue weighted by molar-refractivity contribution is 9.10. The molecule has 0 heterocycles. The van der Waals surface area contributed by atoms with E-state index < -0.39 is 0 Å². The molecule has 2 aromatic carbocycles. The van der Waals surface area contributed by atoms with Crippen LogP contribution in [0.2, 0.25) is 0 Å². The number of hydrogen-bond acceptors (Lipinski definition) is 2. The number of phenols is 2. The number of allylic oxidation sites excluding steroid dienone is 2. The van der Waals surface area contributed by atoms with Gasteiger partial charge in [0.25, 0.3) is 0 Å². The molecule has 0 aliphatic rings. The van der Waals surface area contributed by atoms with E-state index in [2.05, 4.69) is 22.0 Å². The van der Waals surface area contributed by atoms with Crippen molar-refractivity contribution in [1.29, 1.82) is 0 Å². The van der Waals surface area contributed by atoms with Gasteiger partial charge in [-0.15, -0.1) is 0 Å². The van der Waals surface area contributed by atoms with Crippen LogP contribution >= 0.6 is 15.9 Å². The topological polar surface area (TPSA) is 40.5 Å². The Hall–Kier alpha value is -2.00. The maximum Gasteiger partial charge on any atom is 0.130 e. The van der Waals surface area contributed by atoms with Crippen molar-refractivity contribution < 1.29 is 10.2 Å². The zero-order valence-corrected chi connectivity index (χ0v) is 14.3. The fourth-order valence-corrected chi connectivity index (χ4v) is 2.26. The summed E-state index contributed by atoms with van der Waals surface area (Å²) in [5.74, 6) is 0.535. The number of halogens is 1. The maximum absolute atomic E-state index is 9.91. The lowest BCUT2D eigenvalue weighted by molar-refractivity contribution is 0.469. The minimum atomic E-state index is 0.220. The Morgan fingerprint density at radius 2 is 1.59 bits per heavy atom. The Balaban J connectivity index is 2.22. The van der Waals surface area contributed by atoms with Gasteiger partial charge in [0.15, 0.2) is 0 Å². The van der Waals surface area contributed by atoms with Gasteiger partial charge in [-0.2, -0.15) is 0 Å². The first kappa shape index (κ1) is 16.4. The van der Waals surface area contributed by atoms with E-state index in [-0.39, 0.29) is 5.75 Å². The molecular formula is C19H19BrO2. The van der Waals surface area contributed by atoms with Gasteiger partial charge in [-0.25, -0.2) is 0 Å². The summed E-state index contributed by atoms with van der Waals surface area (Å²) < 4.78 is 0.679. The van der Waals surface area contributed by atoms with E-state index in [1.807, 2.05) is 50.3 Å². The normalized spacial score (nSPS) is 10.9. The number of rotatable bonds is 4. The lowest BCUT2D eigenvalue weighted by Crippen LogP contribution is -1.85. The second kappa shape index (κ2) is 7.32. The molecule has 0 fully saturated rings. The molecule has 0 radical (unpaired) electrons. The van der Waals surface area contributed by atoms with Gasteiger partial charge in [-0.1, -0.05) is 35.9 Å². The fraction of sp³-hybridized carbons (Fsp3) is 0.158. The minimum Gasteiger partial charge on any atom is -0.508 e. The van der Waals surface area contributed by atoms with Crippen LogP contribution in [0.1, 0.15) is 30.5 Å². The third kappa shape index (κ3) is 4.50. The predicted octanol–water partition coefficient (Wildman–Crippen LogP) is 5.54. The van der Waals surface area contributed by atoms with Gasteiger partial charge < -0.3 is 10.2 Å². The van der Waals surface area contributed by atoms with Crippen LogP contribution in [0, 0.1) is 0 Å². The fourth-order valence-electron chi connectivity index (χ4n) is 2.01. The van der Waals surface area contributed by atoms with Crippen molar-refractivity contribution in [3.8, 4) is 11.5 Å². The van der Waals surface area contributed by atoms with Crippen molar-refractivity contribution in [3.63, 3.8) is 0 Å². The van der Waals surface area contributed by atoms with Crippen LogP contribution < -0.4 is 0 Å². The summed E-state index contributed by atoms with van der Waals surface area (Å²) in [6.07, 6.45) is 6.71. The molecule has 2 N–H and O–H groups in total. The molecule has 22 heavy (non-hydrogen) atoms. The van der Waals surface area contributed by atoms with Gasteiger partial charge in [-0.3, -0.25) is 0 Å². The third-order valence-electron chi connectivity index (χ3n) is 3.27. The quantitative estimate of drug-likeness (QED) is 0.556. The molecule has 3 heteroatoms.